The summed E-state index contributed by atoms with van der Waals surface area (Å²) >= 11 is 0. The second kappa shape index (κ2) is 9.50. The van der Waals surface area contributed by atoms with E-state index in [4.69, 9.17) is 4.84 Å². The first kappa shape index (κ1) is 22.6. The van der Waals surface area contributed by atoms with Gasteiger partial charge in [0.2, 0.25) is 0 Å². The maximum Gasteiger partial charge on any atom is 0.273 e. The Labute approximate surface area is 191 Å². The minimum Gasteiger partial charge on any atom is -0.340 e. The van der Waals surface area contributed by atoms with Crippen LogP contribution in [-0.4, -0.2) is 69.7 Å². The maximum atomic E-state index is 13.4. The number of benzene rings is 1. The van der Waals surface area contributed by atoms with Crippen LogP contribution in [-0.2, 0) is 14.4 Å². The molecule has 2 aromatic rings. The number of nitrogens with one attached hydrogen (secondary N) is 1. The van der Waals surface area contributed by atoms with Gasteiger partial charge in [0.1, 0.15) is 17.8 Å². The van der Waals surface area contributed by atoms with E-state index >= 15 is 0 Å². The quantitative estimate of drug-likeness (QED) is 0.714. The number of hydrogen-bond acceptors (Lipinski definition) is 6. The van der Waals surface area contributed by atoms with E-state index < -0.39 is 24.0 Å². The molecular formula is C24H26N4O5. The molecule has 2 aliphatic heterocycles. The van der Waals surface area contributed by atoms with Gasteiger partial charge in [-0.2, -0.15) is 0 Å². The number of rotatable bonds is 6. The fraction of sp³-hybridized carbons (Fsp3) is 0.375. The van der Waals surface area contributed by atoms with E-state index in [1.807, 2.05) is 13.8 Å². The summed E-state index contributed by atoms with van der Waals surface area (Å²) in [6.07, 6.45) is 1.88. The average molecular weight is 450 g/mol. The SMILES string of the molecule is CC(C)C[C@H](NC(=O)c1ccccc1)C(=O)N1OCC2C1C(=O)CN2C(=O)c1ccccn1. The third-order valence-electron chi connectivity index (χ3n) is 5.77. The van der Waals surface area contributed by atoms with Gasteiger partial charge in [-0.3, -0.25) is 29.0 Å². The predicted molar refractivity (Wildman–Crippen MR) is 118 cm³/mol. The standard InChI is InChI=1S/C24H26N4O5/c1-15(2)12-18(26-22(30)16-8-4-3-5-9-16)24(32)28-21-19(14-33-28)27(13-20(21)29)23(31)17-10-6-7-11-25-17/h3-11,15,18-19,21H,12-14H2,1-2H3,(H,26,30)/t18-,19?,21?/m0/s1. The summed E-state index contributed by atoms with van der Waals surface area (Å²) in [7, 11) is 0. The molecule has 3 amide bonds. The van der Waals surface area contributed by atoms with Crippen LogP contribution in [0.15, 0.2) is 54.7 Å². The molecule has 4 rings (SSSR count). The molecule has 3 atom stereocenters. The van der Waals surface area contributed by atoms with Crippen LogP contribution in [0.3, 0.4) is 0 Å². The highest BCUT2D eigenvalue weighted by Gasteiger charge is 2.54. The van der Waals surface area contributed by atoms with Crippen LogP contribution < -0.4 is 5.32 Å². The molecule has 1 aromatic carbocycles. The smallest absolute Gasteiger partial charge is 0.273 e. The average Bonchev–Trinajstić information content (AvgIpc) is 3.40. The van der Waals surface area contributed by atoms with Crippen LogP contribution in [0.2, 0.25) is 0 Å². The number of Topliss-reactive ketones (excluding diaryl/α,β-unsaturated/α-hetero) is 1. The number of aromatic nitrogens is 1. The number of carbonyl (C=O) groups excluding carboxylic acids is 4. The number of likely N-dealkylation sites (tertiary alicyclic amines) is 1. The molecule has 172 valence electrons. The topological polar surface area (TPSA) is 109 Å². The molecule has 2 saturated heterocycles. The van der Waals surface area contributed by atoms with Gasteiger partial charge in [0.25, 0.3) is 17.7 Å². The molecule has 2 unspecified atom stereocenters. The van der Waals surface area contributed by atoms with E-state index in [9.17, 15) is 19.2 Å². The lowest BCUT2D eigenvalue weighted by molar-refractivity contribution is -0.181. The van der Waals surface area contributed by atoms with E-state index in [-0.39, 0.29) is 42.4 Å². The number of pyridine rings is 1. The molecule has 9 heteroatoms. The fourth-order valence-corrected chi connectivity index (χ4v) is 4.21. The van der Waals surface area contributed by atoms with Crippen molar-refractivity contribution in [3.05, 3.63) is 66.0 Å². The molecule has 9 nitrogen and oxygen atoms in total. The second-order valence-electron chi connectivity index (χ2n) is 8.61. The highest BCUT2D eigenvalue weighted by Crippen LogP contribution is 2.29. The number of ketones is 1. The molecule has 0 spiro atoms. The largest absolute Gasteiger partial charge is 0.340 e. The number of hydrogen-bond donors (Lipinski definition) is 1. The van der Waals surface area contributed by atoms with Crippen LogP contribution >= 0.6 is 0 Å². The van der Waals surface area contributed by atoms with Gasteiger partial charge < -0.3 is 10.2 Å². The van der Waals surface area contributed by atoms with Crippen molar-refractivity contribution in [3.8, 4) is 0 Å². The zero-order chi connectivity index (χ0) is 23.5. The molecule has 0 aliphatic carbocycles. The Kier molecular flexibility index (Phi) is 6.50. The summed E-state index contributed by atoms with van der Waals surface area (Å²) < 4.78 is 0. The van der Waals surface area contributed by atoms with E-state index in [2.05, 4.69) is 10.3 Å². The lowest BCUT2D eigenvalue weighted by atomic mass is 10.0. The number of carbonyl (C=O) groups is 4. The maximum absolute atomic E-state index is 13.4. The van der Waals surface area contributed by atoms with Crippen LogP contribution in [0, 0.1) is 5.92 Å². The molecule has 0 bridgehead atoms. The molecule has 33 heavy (non-hydrogen) atoms. The van der Waals surface area contributed by atoms with E-state index in [1.54, 1.807) is 48.5 Å². The van der Waals surface area contributed by atoms with Crippen molar-refractivity contribution < 1.29 is 24.0 Å². The van der Waals surface area contributed by atoms with Crippen LogP contribution in [0.1, 0.15) is 41.1 Å². The Morgan fingerprint density at radius 1 is 1.12 bits per heavy atom. The van der Waals surface area contributed by atoms with E-state index in [0.717, 1.165) is 5.06 Å². The van der Waals surface area contributed by atoms with Gasteiger partial charge in [0.15, 0.2) is 5.78 Å². The highest BCUT2D eigenvalue weighted by molar-refractivity contribution is 6.02. The summed E-state index contributed by atoms with van der Waals surface area (Å²) in [5.41, 5.74) is 0.659. The van der Waals surface area contributed by atoms with Crippen LogP contribution in [0.4, 0.5) is 0 Å². The number of amides is 3. The van der Waals surface area contributed by atoms with Crippen molar-refractivity contribution in [1.29, 1.82) is 0 Å². The monoisotopic (exact) mass is 450 g/mol. The third-order valence-corrected chi connectivity index (χ3v) is 5.77. The van der Waals surface area contributed by atoms with Gasteiger partial charge in [-0.15, -0.1) is 0 Å². The minimum absolute atomic E-state index is 0.0156. The molecule has 1 N–H and O–H groups in total. The number of nitrogens with zero attached hydrogens (tertiary/aromatic N) is 3. The summed E-state index contributed by atoms with van der Waals surface area (Å²) in [6.45, 7) is 3.78. The van der Waals surface area contributed by atoms with Gasteiger partial charge in [-0.05, 0) is 36.6 Å². The van der Waals surface area contributed by atoms with Crippen molar-refractivity contribution in [1.82, 2.24) is 20.3 Å². The Morgan fingerprint density at radius 2 is 1.85 bits per heavy atom. The van der Waals surface area contributed by atoms with Crippen molar-refractivity contribution in [2.45, 2.75) is 38.4 Å². The Hall–Kier alpha value is -3.59. The van der Waals surface area contributed by atoms with Crippen LogP contribution in [0.25, 0.3) is 0 Å². The molecule has 3 heterocycles. The Morgan fingerprint density at radius 3 is 2.52 bits per heavy atom. The Bertz CT molecular complexity index is 1040. The second-order valence-corrected chi connectivity index (χ2v) is 8.61. The zero-order valence-corrected chi connectivity index (χ0v) is 18.5. The molecular weight excluding hydrogens is 424 g/mol. The fourth-order valence-electron chi connectivity index (χ4n) is 4.21. The van der Waals surface area contributed by atoms with E-state index in [1.165, 1.54) is 11.1 Å². The molecule has 1 aromatic heterocycles. The lowest BCUT2D eigenvalue weighted by Crippen LogP contribution is -2.52. The molecule has 2 fully saturated rings. The normalized spacial score (nSPS) is 20.6. The first-order valence-electron chi connectivity index (χ1n) is 10.9. The van der Waals surface area contributed by atoms with Crippen molar-refractivity contribution in [2.75, 3.05) is 13.2 Å². The van der Waals surface area contributed by atoms with E-state index in [0.29, 0.717) is 12.0 Å². The minimum atomic E-state index is -0.909. The molecule has 0 saturated carbocycles. The molecule has 0 radical (unpaired) electrons. The Balaban J connectivity index is 1.51. The number of fused-ring (bicyclic) bond motifs is 1. The van der Waals surface area contributed by atoms with Gasteiger partial charge in [0.05, 0.1) is 19.2 Å². The summed E-state index contributed by atoms with van der Waals surface area (Å²) in [4.78, 5) is 62.9. The van der Waals surface area contributed by atoms with Crippen molar-refractivity contribution in [2.24, 2.45) is 5.92 Å². The summed E-state index contributed by atoms with van der Waals surface area (Å²) in [5.74, 6) is -1.44. The van der Waals surface area contributed by atoms with Gasteiger partial charge in [0, 0.05) is 11.8 Å². The highest BCUT2D eigenvalue weighted by atomic mass is 16.7. The van der Waals surface area contributed by atoms with Crippen LogP contribution in [0.5, 0.6) is 0 Å². The third kappa shape index (κ3) is 4.63. The first-order chi connectivity index (χ1) is 15.9. The number of hydroxylamine groups is 2. The summed E-state index contributed by atoms with van der Waals surface area (Å²) in [6, 6.07) is 11.2. The van der Waals surface area contributed by atoms with Crippen molar-refractivity contribution >= 4 is 23.5 Å². The van der Waals surface area contributed by atoms with Gasteiger partial charge in [-0.25, -0.2) is 5.06 Å². The predicted octanol–water partition coefficient (Wildman–Crippen LogP) is 1.46. The lowest BCUT2D eigenvalue weighted by Gasteiger charge is -2.27. The van der Waals surface area contributed by atoms with Gasteiger partial charge in [-0.1, -0.05) is 38.1 Å². The molecule has 2 aliphatic rings. The zero-order valence-electron chi connectivity index (χ0n) is 18.5. The van der Waals surface area contributed by atoms with Crippen molar-refractivity contribution in [3.63, 3.8) is 0 Å². The summed E-state index contributed by atoms with van der Waals surface area (Å²) in [5, 5.41) is 3.84. The van der Waals surface area contributed by atoms with Gasteiger partial charge >= 0.3 is 0 Å². The first-order valence-corrected chi connectivity index (χ1v) is 10.9.